The molecule has 3 aromatic rings. The Morgan fingerprint density at radius 2 is 2.00 bits per heavy atom. The lowest BCUT2D eigenvalue weighted by atomic mass is 10.0. The number of hydrogen-bond acceptors (Lipinski definition) is 3. The van der Waals surface area contributed by atoms with E-state index in [1.165, 1.54) is 22.0 Å². The van der Waals surface area contributed by atoms with Gasteiger partial charge < -0.3 is 15.6 Å². The number of rotatable bonds is 8. The van der Waals surface area contributed by atoms with Crippen molar-refractivity contribution in [2.75, 3.05) is 26.2 Å². The van der Waals surface area contributed by atoms with Gasteiger partial charge in [-0.2, -0.15) is 0 Å². The summed E-state index contributed by atoms with van der Waals surface area (Å²) in [4.78, 5) is 15.3. The first-order valence-electron chi connectivity index (χ1n) is 12.0. The van der Waals surface area contributed by atoms with Gasteiger partial charge in [0.25, 0.3) is 0 Å². The van der Waals surface area contributed by atoms with Crippen molar-refractivity contribution in [1.82, 2.24) is 25.5 Å². The van der Waals surface area contributed by atoms with Crippen molar-refractivity contribution in [2.24, 2.45) is 4.99 Å². The molecule has 2 aromatic heterocycles. The summed E-state index contributed by atoms with van der Waals surface area (Å²) in [5.74, 6) is 0.935. The van der Waals surface area contributed by atoms with Crippen molar-refractivity contribution < 1.29 is 0 Å². The zero-order valence-corrected chi connectivity index (χ0v) is 19.4. The van der Waals surface area contributed by atoms with E-state index in [4.69, 9.17) is 4.99 Å². The van der Waals surface area contributed by atoms with Crippen molar-refractivity contribution >= 4 is 16.9 Å². The molecule has 3 heterocycles. The Labute approximate surface area is 191 Å². The number of para-hydroxylation sites is 1. The van der Waals surface area contributed by atoms with Crippen molar-refractivity contribution in [3.05, 3.63) is 65.6 Å². The second-order valence-electron chi connectivity index (χ2n) is 8.53. The van der Waals surface area contributed by atoms with Gasteiger partial charge >= 0.3 is 0 Å². The molecule has 4 rings (SSSR count). The number of piperidine rings is 1. The van der Waals surface area contributed by atoms with Gasteiger partial charge in [0.2, 0.25) is 0 Å². The highest BCUT2D eigenvalue weighted by molar-refractivity contribution is 5.86. The number of aromatic nitrogens is 2. The van der Waals surface area contributed by atoms with Crippen molar-refractivity contribution in [1.29, 1.82) is 0 Å². The number of nitrogens with one attached hydrogen (secondary N) is 3. The van der Waals surface area contributed by atoms with Crippen LogP contribution >= 0.6 is 0 Å². The maximum absolute atomic E-state index is 4.88. The molecular formula is C26H36N6. The van der Waals surface area contributed by atoms with Gasteiger partial charge in [-0.1, -0.05) is 31.2 Å². The summed E-state index contributed by atoms with van der Waals surface area (Å²) in [5.41, 5.74) is 5.15. The largest absolute Gasteiger partial charge is 0.361 e. The van der Waals surface area contributed by atoms with Crippen LogP contribution in [0, 0.1) is 0 Å². The van der Waals surface area contributed by atoms with Crippen LogP contribution in [0.25, 0.3) is 10.9 Å². The standard InChI is InChI=1S/C26H36N6/c1-3-20-8-7-10-24-21(18-30-25(20)24)11-15-29-26(27-4-2)31-22-12-16-32(17-13-22)19-23-9-5-6-14-28-23/h5-10,14,18,22,30H,3-4,11-13,15-17,19H2,1-2H3,(H2,27,29,31). The van der Waals surface area contributed by atoms with Crippen LogP contribution in [0.5, 0.6) is 0 Å². The van der Waals surface area contributed by atoms with Gasteiger partial charge in [-0.3, -0.25) is 14.9 Å². The molecule has 0 spiro atoms. The van der Waals surface area contributed by atoms with E-state index >= 15 is 0 Å². The number of benzene rings is 1. The van der Waals surface area contributed by atoms with Gasteiger partial charge in [0.05, 0.1) is 5.69 Å². The fourth-order valence-electron chi connectivity index (χ4n) is 4.53. The molecule has 1 aliphatic rings. The predicted molar refractivity (Wildman–Crippen MR) is 133 cm³/mol. The molecule has 0 radical (unpaired) electrons. The Bertz CT molecular complexity index is 1000. The fraction of sp³-hybridized carbons (Fsp3) is 0.462. The molecule has 0 bridgehead atoms. The van der Waals surface area contributed by atoms with Gasteiger partial charge in [-0.15, -0.1) is 0 Å². The summed E-state index contributed by atoms with van der Waals surface area (Å²) >= 11 is 0. The molecule has 1 aliphatic heterocycles. The summed E-state index contributed by atoms with van der Waals surface area (Å²) in [5, 5.41) is 8.42. The van der Waals surface area contributed by atoms with Gasteiger partial charge in [-0.25, -0.2) is 0 Å². The van der Waals surface area contributed by atoms with Crippen LogP contribution in [-0.4, -0.2) is 53.0 Å². The summed E-state index contributed by atoms with van der Waals surface area (Å²) in [6.45, 7) is 9.08. The molecule has 1 fully saturated rings. The average molecular weight is 433 g/mol. The Balaban J connectivity index is 1.29. The molecule has 1 aromatic carbocycles. The third-order valence-corrected chi connectivity index (χ3v) is 6.30. The molecular weight excluding hydrogens is 396 g/mol. The molecule has 0 unspecified atom stereocenters. The third kappa shape index (κ3) is 5.68. The fourth-order valence-corrected chi connectivity index (χ4v) is 4.53. The quantitative estimate of drug-likeness (QED) is 0.373. The Morgan fingerprint density at radius 1 is 1.12 bits per heavy atom. The molecule has 1 saturated heterocycles. The third-order valence-electron chi connectivity index (χ3n) is 6.30. The van der Waals surface area contributed by atoms with Gasteiger partial charge in [-0.05, 0) is 55.9 Å². The van der Waals surface area contributed by atoms with E-state index < -0.39 is 0 Å². The Hall–Kier alpha value is -2.86. The second kappa shape index (κ2) is 11.1. The highest BCUT2D eigenvalue weighted by atomic mass is 15.2. The van der Waals surface area contributed by atoms with Crippen LogP contribution in [0.1, 0.15) is 43.5 Å². The van der Waals surface area contributed by atoms with E-state index in [1.54, 1.807) is 0 Å². The second-order valence-corrected chi connectivity index (χ2v) is 8.53. The van der Waals surface area contributed by atoms with Gasteiger partial charge in [0, 0.05) is 62.1 Å². The first-order valence-corrected chi connectivity index (χ1v) is 12.0. The first kappa shape index (κ1) is 22.3. The summed E-state index contributed by atoms with van der Waals surface area (Å²) in [6, 6.07) is 13.2. The maximum atomic E-state index is 4.88. The van der Waals surface area contributed by atoms with Gasteiger partial charge in [0.1, 0.15) is 0 Å². The molecule has 0 saturated carbocycles. The molecule has 170 valence electrons. The highest BCUT2D eigenvalue weighted by Gasteiger charge is 2.20. The number of H-pyrrole nitrogens is 1. The van der Waals surface area contributed by atoms with E-state index in [9.17, 15) is 0 Å². The number of fused-ring (bicyclic) bond motifs is 1. The zero-order valence-electron chi connectivity index (χ0n) is 19.4. The molecule has 32 heavy (non-hydrogen) atoms. The molecule has 0 aliphatic carbocycles. The number of aromatic amines is 1. The number of pyridine rings is 1. The minimum atomic E-state index is 0.466. The topological polar surface area (TPSA) is 68.3 Å². The van der Waals surface area contributed by atoms with Crippen LogP contribution < -0.4 is 10.6 Å². The smallest absolute Gasteiger partial charge is 0.191 e. The van der Waals surface area contributed by atoms with E-state index in [0.29, 0.717) is 6.04 Å². The number of aryl methyl sites for hydroxylation is 1. The zero-order chi connectivity index (χ0) is 22.2. The number of guanidine groups is 1. The predicted octanol–water partition coefficient (Wildman–Crippen LogP) is 3.89. The van der Waals surface area contributed by atoms with Crippen LogP contribution in [0.15, 0.2) is 53.8 Å². The van der Waals surface area contributed by atoms with E-state index in [0.717, 1.165) is 70.1 Å². The van der Waals surface area contributed by atoms with E-state index in [2.05, 4.69) is 75.9 Å². The Morgan fingerprint density at radius 3 is 2.75 bits per heavy atom. The van der Waals surface area contributed by atoms with E-state index in [1.807, 2.05) is 12.3 Å². The lowest BCUT2D eigenvalue weighted by molar-refractivity contribution is 0.196. The average Bonchev–Trinajstić information content (AvgIpc) is 3.24. The van der Waals surface area contributed by atoms with Crippen molar-refractivity contribution in [3.63, 3.8) is 0 Å². The molecule has 0 atom stereocenters. The summed E-state index contributed by atoms with van der Waals surface area (Å²) in [6.07, 6.45) is 8.26. The van der Waals surface area contributed by atoms with Crippen LogP contribution in [0.2, 0.25) is 0 Å². The monoisotopic (exact) mass is 432 g/mol. The number of aliphatic imine (C=N–C) groups is 1. The normalized spacial score (nSPS) is 15.9. The van der Waals surface area contributed by atoms with Gasteiger partial charge in [0.15, 0.2) is 5.96 Å². The Kier molecular flexibility index (Phi) is 7.77. The highest BCUT2D eigenvalue weighted by Crippen LogP contribution is 2.22. The summed E-state index contributed by atoms with van der Waals surface area (Å²) in [7, 11) is 0. The lowest BCUT2D eigenvalue weighted by Crippen LogP contribution is -2.48. The number of likely N-dealkylation sites (tertiary alicyclic amines) is 1. The van der Waals surface area contributed by atoms with Crippen molar-refractivity contribution in [2.45, 2.75) is 52.1 Å². The van der Waals surface area contributed by atoms with Crippen LogP contribution in [0.3, 0.4) is 0 Å². The molecule has 3 N–H and O–H groups in total. The summed E-state index contributed by atoms with van der Waals surface area (Å²) < 4.78 is 0. The molecule has 6 heteroatoms. The van der Waals surface area contributed by atoms with Crippen molar-refractivity contribution in [3.8, 4) is 0 Å². The van der Waals surface area contributed by atoms with Crippen LogP contribution in [-0.2, 0) is 19.4 Å². The van der Waals surface area contributed by atoms with E-state index in [-0.39, 0.29) is 0 Å². The van der Waals surface area contributed by atoms with Crippen LogP contribution in [0.4, 0.5) is 0 Å². The first-order chi connectivity index (χ1) is 15.8. The molecule has 0 amide bonds. The SMILES string of the molecule is CCNC(=NCCc1c[nH]c2c(CC)cccc12)NC1CCN(Cc2ccccn2)CC1. The minimum absolute atomic E-state index is 0.466. The minimum Gasteiger partial charge on any atom is -0.361 e. The lowest BCUT2D eigenvalue weighted by Gasteiger charge is -2.32. The maximum Gasteiger partial charge on any atom is 0.191 e. The number of nitrogens with zero attached hydrogens (tertiary/aromatic N) is 3. The number of hydrogen-bond donors (Lipinski definition) is 3. The molecule has 6 nitrogen and oxygen atoms in total.